The second-order valence-corrected chi connectivity index (χ2v) is 3.16. The normalized spacial score (nSPS) is 13.3. The summed E-state index contributed by atoms with van der Waals surface area (Å²) in [5.74, 6) is 0. The lowest BCUT2D eigenvalue weighted by atomic mass is 10.1. The average molecular weight is 163 g/mol. The van der Waals surface area contributed by atoms with E-state index >= 15 is 0 Å². The van der Waals surface area contributed by atoms with Crippen LogP contribution in [0.2, 0.25) is 0 Å². The molecular weight excluding hydrogens is 146 g/mol. The van der Waals surface area contributed by atoms with Gasteiger partial charge in [-0.1, -0.05) is 37.3 Å². The number of nitrogens with zero attached hydrogens (tertiary/aromatic N) is 1. The summed E-state index contributed by atoms with van der Waals surface area (Å²) in [4.78, 5) is 2.33. The fourth-order valence-corrected chi connectivity index (χ4v) is 1.26. The molecule has 0 spiro atoms. The maximum atomic E-state index is 2.33. The minimum absolute atomic E-state index is 0.524. The summed E-state index contributed by atoms with van der Waals surface area (Å²) in [7, 11) is 2.15. The molecule has 1 nitrogen and oxygen atoms in total. The Morgan fingerprint density at radius 2 is 1.83 bits per heavy atom. The van der Waals surface area contributed by atoms with Crippen molar-refractivity contribution in [1.29, 1.82) is 0 Å². The molecule has 0 saturated carbocycles. The zero-order chi connectivity index (χ0) is 8.97. The Bertz CT molecular complexity index is 218. The highest BCUT2D eigenvalue weighted by Gasteiger charge is 2.07. The third-order valence-corrected chi connectivity index (χ3v) is 2.44. The van der Waals surface area contributed by atoms with Crippen LogP contribution in [0, 0.1) is 0 Å². The molecule has 1 aromatic rings. The zero-order valence-corrected chi connectivity index (χ0v) is 8.12. The van der Waals surface area contributed by atoms with Crippen LogP contribution in [0.5, 0.6) is 0 Å². The third-order valence-electron chi connectivity index (χ3n) is 2.44. The predicted molar refractivity (Wildman–Crippen MR) is 53.2 cm³/mol. The Balaban J connectivity index is 2.71. The summed E-state index contributed by atoms with van der Waals surface area (Å²) in [5.41, 5.74) is 1.39. The van der Waals surface area contributed by atoms with Gasteiger partial charge in [0.1, 0.15) is 0 Å². The van der Waals surface area contributed by atoms with E-state index in [0.29, 0.717) is 6.04 Å². The fraction of sp³-hybridized carbons (Fsp3) is 0.455. The first kappa shape index (κ1) is 9.27. The van der Waals surface area contributed by atoms with Crippen molar-refractivity contribution < 1.29 is 0 Å². The topological polar surface area (TPSA) is 3.24 Å². The van der Waals surface area contributed by atoms with Crippen LogP contribution in [-0.4, -0.2) is 18.5 Å². The van der Waals surface area contributed by atoms with Crippen LogP contribution < -0.4 is 0 Å². The smallest absolute Gasteiger partial charge is 0.0316 e. The standard InChI is InChI=1S/C11H17N/c1-4-12(3)10(2)11-8-6-5-7-9-11/h5-10H,4H2,1-3H3/t10-/m0/s1. The SMILES string of the molecule is CCN(C)[C@@H](C)c1ccccc1. The maximum absolute atomic E-state index is 2.33. The minimum Gasteiger partial charge on any atom is -0.300 e. The van der Waals surface area contributed by atoms with Gasteiger partial charge in [0, 0.05) is 6.04 Å². The van der Waals surface area contributed by atoms with Crippen LogP contribution in [0.4, 0.5) is 0 Å². The Hall–Kier alpha value is -0.820. The molecule has 1 heteroatoms. The van der Waals surface area contributed by atoms with Gasteiger partial charge in [-0.2, -0.15) is 0 Å². The predicted octanol–water partition coefficient (Wildman–Crippen LogP) is 2.70. The highest BCUT2D eigenvalue weighted by Crippen LogP contribution is 2.16. The number of hydrogen-bond acceptors (Lipinski definition) is 1. The lowest BCUT2D eigenvalue weighted by molar-refractivity contribution is 0.276. The molecule has 0 radical (unpaired) electrons. The summed E-state index contributed by atoms with van der Waals surface area (Å²) in [6.45, 7) is 5.51. The molecule has 12 heavy (non-hydrogen) atoms. The molecule has 1 rings (SSSR count). The fourth-order valence-electron chi connectivity index (χ4n) is 1.26. The van der Waals surface area contributed by atoms with Crippen LogP contribution in [0.3, 0.4) is 0 Å². The lowest BCUT2D eigenvalue weighted by Crippen LogP contribution is -2.21. The maximum Gasteiger partial charge on any atom is 0.0316 e. The minimum atomic E-state index is 0.524. The van der Waals surface area contributed by atoms with Gasteiger partial charge in [0.25, 0.3) is 0 Å². The van der Waals surface area contributed by atoms with E-state index in [2.05, 4.69) is 56.1 Å². The quantitative estimate of drug-likeness (QED) is 0.662. The van der Waals surface area contributed by atoms with Gasteiger partial charge >= 0.3 is 0 Å². The first-order chi connectivity index (χ1) is 5.75. The van der Waals surface area contributed by atoms with Crippen molar-refractivity contribution in [2.24, 2.45) is 0 Å². The average Bonchev–Trinajstić information content (AvgIpc) is 2.17. The number of rotatable bonds is 3. The summed E-state index contributed by atoms with van der Waals surface area (Å²) in [5, 5.41) is 0. The monoisotopic (exact) mass is 163 g/mol. The van der Waals surface area contributed by atoms with Crippen molar-refractivity contribution in [2.45, 2.75) is 19.9 Å². The van der Waals surface area contributed by atoms with Crippen LogP contribution in [0.25, 0.3) is 0 Å². The van der Waals surface area contributed by atoms with Gasteiger partial charge in [0.2, 0.25) is 0 Å². The number of benzene rings is 1. The van der Waals surface area contributed by atoms with Crippen LogP contribution >= 0.6 is 0 Å². The van der Waals surface area contributed by atoms with Gasteiger partial charge in [-0.25, -0.2) is 0 Å². The van der Waals surface area contributed by atoms with Crippen molar-refractivity contribution in [2.75, 3.05) is 13.6 Å². The Labute approximate surface area is 75.0 Å². The Morgan fingerprint density at radius 3 is 2.33 bits per heavy atom. The molecule has 1 aromatic carbocycles. The second kappa shape index (κ2) is 4.27. The highest BCUT2D eigenvalue weighted by molar-refractivity contribution is 5.17. The highest BCUT2D eigenvalue weighted by atomic mass is 15.1. The molecule has 0 N–H and O–H groups in total. The molecule has 0 aliphatic carbocycles. The van der Waals surface area contributed by atoms with E-state index in [1.165, 1.54) is 5.56 Å². The van der Waals surface area contributed by atoms with Crippen molar-refractivity contribution in [3.8, 4) is 0 Å². The van der Waals surface area contributed by atoms with E-state index in [-0.39, 0.29) is 0 Å². The summed E-state index contributed by atoms with van der Waals surface area (Å²) >= 11 is 0. The van der Waals surface area contributed by atoms with Crippen molar-refractivity contribution in [3.63, 3.8) is 0 Å². The van der Waals surface area contributed by atoms with E-state index in [9.17, 15) is 0 Å². The molecule has 0 aromatic heterocycles. The summed E-state index contributed by atoms with van der Waals surface area (Å²) < 4.78 is 0. The van der Waals surface area contributed by atoms with Crippen molar-refractivity contribution >= 4 is 0 Å². The van der Waals surface area contributed by atoms with Crippen LogP contribution in [-0.2, 0) is 0 Å². The molecule has 0 bridgehead atoms. The van der Waals surface area contributed by atoms with Gasteiger partial charge in [-0.3, -0.25) is 4.90 Å². The summed E-state index contributed by atoms with van der Waals surface area (Å²) in [6, 6.07) is 11.1. The lowest BCUT2D eigenvalue weighted by Gasteiger charge is -2.23. The molecule has 1 atom stereocenters. The van der Waals surface area contributed by atoms with Gasteiger partial charge in [-0.05, 0) is 26.1 Å². The molecule has 0 aliphatic rings. The Kier molecular flexibility index (Phi) is 3.30. The van der Waals surface area contributed by atoms with Crippen molar-refractivity contribution in [1.82, 2.24) is 4.90 Å². The molecule has 0 fully saturated rings. The van der Waals surface area contributed by atoms with Crippen molar-refractivity contribution in [3.05, 3.63) is 35.9 Å². The first-order valence-electron chi connectivity index (χ1n) is 4.51. The zero-order valence-electron chi connectivity index (χ0n) is 8.12. The molecule has 66 valence electrons. The molecule has 0 aliphatic heterocycles. The van der Waals surface area contributed by atoms with E-state index in [0.717, 1.165) is 6.54 Å². The van der Waals surface area contributed by atoms with Gasteiger partial charge in [0.05, 0.1) is 0 Å². The molecule has 0 saturated heterocycles. The van der Waals surface area contributed by atoms with E-state index in [1.807, 2.05) is 0 Å². The largest absolute Gasteiger partial charge is 0.300 e. The van der Waals surface area contributed by atoms with E-state index < -0.39 is 0 Å². The van der Waals surface area contributed by atoms with E-state index in [4.69, 9.17) is 0 Å². The van der Waals surface area contributed by atoms with Gasteiger partial charge in [-0.15, -0.1) is 0 Å². The molecule has 0 unspecified atom stereocenters. The molecular formula is C11H17N. The first-order valence-corrected chi connectivity index (χ1v) is 4.51. The van der Waals surface area contributed by atoms with E-state index in [1.54, 1.807) is 0 Å². The Morgan fingerprint density at radius 1 is 1.25 bits per heavy atom. The molecule has 0 heterocycles. The van der Waals surface area contributed by atoms with Gasteiger partial charge in [0.15, 0.2) is 0 Å². The molecule has 0 amide bonds. The number of hydrogen-bond donors (Lipinski definition) is 0. The van der Waals surface area contributed by atoms with Crippen LogP contribution in [0.1, 0.15) is 25.5 Å². The second-order valence-electron chi connectivity index (χ2n) is 3.16. The summed E-state index contributed by atoms with van der Waals surface area (Å²) in [6.07, 6.45) is 0. The third kappa shape index (κ3) is 2.08. The van der Waals surface area contributed by atoms with Crippen LogP contribution in [0.15, 0.2) is 30.3 Å². The van der Waals surface area contributed by atoms with Gasteiger partial charge < -0.3 is 0 Å².